The minimum Gasteiger partial charge on any atom is -0.381 e. The molecule has 0 aromatic carbocycles. The number of rotatable bonds is 4. The molecule has 2 aliphatic rings. The summed E-state index contributed by atoms with van der Waals surface area (Å²) >= 11 is 0. The normalized spacial score (nSPS) is 34.8. The summed E-state index contributed by atoms with van der Waals surface area (Å²) in [4.78, 5) is 0. The van der Waals surface area contributed by atoms with Crippen molar-refractivity contribution in [2.75, 3.05) is 26.4 Å². The summed E-state index contributed by atoms with van der Waals surface area (Å²) in [5.74, 6) is 0. The van der Waals surface area contributed by atoms with Gasteiger partial charge in [0.2, 0.25) is 0 Å². The summed E-state index contributed by atoms with van der Waals surface area (Å²) in [6.45, 7) is 5.92. The van der Waals surface area contributed by atoms with E-state index in [4.69, 9.17) is 9.47 Å². The lowest BCUT2D eigenvalue weighted by Gasteiger charge is -2.44. The van der Waals surface area contributed by atoms with Gasteiger partial charge < -0.3 is 14.8 Å². The van der Waals surface area contributed by atoms with Crippen molar-refractivity contribution >= 4 is 0 Å². The Morgan fingerprint density at radius 1 is 1.18 bits per heavy atom. The molecule has 2 saturated heterocycles. The van der Waals surface area contributed by atoms with E-state index < -0.39 is 0 Å². The third-order valence-electron chi connectivity index (χ3n) is 4.17. The topological polar surface area (TPSA) is 30.5 Å². The SMILES string of the molecule is CCCCCC1NCCOC12CCCOCC2. The van der Waals surface area contributed by atoms with E-state index >= 15 is 0 Å². The lowest BCUT2D eigenvalue weighted by molar-refractivity contribution is -0.109. The van der Waals surface area contributed by atoms with Gasteiger partial charge in [0.25, 0.3) is 0 Å². The summed E-state index contributed by atoms with van der Waals surface area (Å²) in [6.07, 6.45) is 8.59. The Hall–Kier alpha value is -0.120. The van der Waals surface area contributed by atoms with Gasteiger partial charge in [-0.3, -0.25) is 0 Å². The maximum absolute atomic E-state index is 6.19. The molecule has 0 aromatic rings. The van der Waals surface area contributed by atoms with E-state index in [-0.39, 0.29) is 5.60 Å². The minimum absolute atomic E-state index is 0.0719. The number of nitrogens with one attached hydrogen (secondary N) is 1. The van der Waals surface area contributed by atoms with Crippen LogP contribution in [0.25, 0.3) is 0 Å². The molecular formula is C14H27NO2. The summed E-state index contributed by atoms with van der Waals surface area (Å²) in [7, 11) is 0. The molecule has 0 aromatic heterocycles. The van der Waals surface area contributed by atoms with Gasteiger partial charge in [0.1, 0.15) is 0 Å². The molecule has 0 aliphatic carbocycles. The lowest BCUT2D eigenvalue weighted by Crippen LogP contribution is -2.58. The Bertz CT molecular complexity index is 212. The maximum atomic E-state index is 6.19. The Morgan fingerprint density at radius 2 is 2.12 bits per heavy atom. The molecular weight excluding hydrogens is 214 g/mol. The third-order valence-corrected chi connectivity index (χ3v) is 4.17. The van der Waals surface area contributed by atoms with Crippen molar-refractivity contribution in [3.05, 3.63) is 0 Å². The molecule has 3 heteroatoms. The first-order valence-corrected chi connectivity index (χ1v) is 7.32. The number of hydrogen-bond donors (Lipinski definition) is 1. The number of hydrogen-bond acceptors (Lipinski definition) is 3. The van der Waals surface area contributed by atoms with Crippen LogP contribution in [-0.4, -0.2) is 38.0 Å². The molecule has 1 spiro atoms. The van der Waals surface area contributed by atoms with Crippen LogP contribution in [0.15, 0.2) is 0 Å². The molecule has 2 rings (SSSR count). The molecule has 2 atom stereocenters. The van der Waals surface area contributed by atoms with Crippen LogP contribution < -0.4 is 5.32 Å². The fourth-order valence-electron chi connectivity index (χ4n) is 3.18. The fraction of sp³-hybridized carbons (Fsp3) is 1.00. The highest BCUT2D eigenvalue weighted by Crippen LogP contribution is 2.33. The van der Waals surface area contributed by atoms with Crippen LogP contribution >= 0.6 is 0 Å². The van der Waals surface area contributed by atoms with Gasteiger partial charge in [0.05, 0.1) is 12.2 Å². The predicted molar refractivity (Wildman–Crippen MR) is 69.3 cm³/mol. The summed E-state index contributed by atoms with van der Waals surface area (Å²) in [5, 5.41) is 3.69. The molecule has 2 aliphatic heterocycles. The zero-order chi connectivity index (χ0) is 12.0. The van der Waals surface area contributed by atoms with Crippen molar-refractivity contribution in [1.29, 1.82) is 0 Å². The smallest absolute Gasteiger partial charge is 0.0858 e. The zero-order valence-electron chi connectivity index (χ0n) is 11.2. The second-order valence-corrected chi connectivity index (χ2v) is 5.38. The molecule has 0 radical (unpaired) electrons. The molecule has 2 heterocycles. The first kappa shape index (κ1) is 13.3. The maximum Gasteiger partial charge on any atom is 0.0858 e. The van der Waals surface area contributed by atoms with Crippen LogP contribution in [0.2, 0.25) is 0 Å². The molecule has 3 nitrogen and oxygen atoms in total. The van der Waals surface area contributed by atoms with E-state index in [0.29, 0.717) is 6.04 Å². The molecule has 0 bridgehead atoms. The Balaban J connectivity index is 1.94. The zero-order valence-corrected chi connectivity index (χ0v) is 11.2. The van der Waals surface area contributed by atoms with E-state index in [2.05, 4.69) is 12.2 Å². The van der Waals surface area contributed by atoms with E-state index in [1.165, 1.54) is 25.7 Å². The Morgan fingerprint density at radius 3 is 3.00 bits per heavy atom. The summed E-state index contributed by atoms with van der Waals surface area (Å²) in [5.41, 5.74) is 0.0719. The van der Waals surface area contributed by atoms with Crippen molar-refractivity contribution in [2.24, 2.45) is 0 Å². The number of unbranched alkanes of at least 4 members (excludes halogenated alkanes) is 2. The van der Waals surface area contributed by atoms with Gasteiger partial charge in [-0.05, 0) is 19.3 Å². The first-order chi connectivity index (χ1) is 8.37. The van der Waals surface area contributed by atoms with Crippen molar-refractivity contribution in [3.8, 4) is 0 Å². The highest BCUT2D eigenvalue weighted by Gasteiger charge is 2.41. The van der Waals surface area contributed by atoms with E-state index in [9.17, 15) is 0 Å². The monoisotopic (exact) mass is 241 g/mol. The number of ether oxygens (including phenoxy) is 2. The lowest BCUT2D eigenvalue weighted by atomic mass is 9.82. The largest absolute Gasteiger partial charge is 0.381 e. The summed E-state index contributed by atoms with van der Waals surface area (Å²) < 4.78 is 11.8. The van der Waals surface area contributed by atoms with Crippen LogP contribution in [0.5, 0.6) is 0 Å². The quantitative estimate of drug-likeness (QED) is 0.767. The van der Waals surface area contributed by atoms with Crippen LogP contribution in [0.4, 0.5) is 0 Å². The Kier molecular flexibility index (Phi) is 5.26. The molecule has 0 amide bonds. The van der Waals surface area contributed by atoms with E-state index in [1.54, 1.807) is 0 Å². The standard InChI is InChI=1S/C14H27NO2/c1-2-3-4-6-13-14(17-12-9-15-13)7-5-10-16-11-8-14/h13,15H,2-12H2,1H3. The van der Waals surface area contributed by atoms with Crippen LogP contribution in [0.1, 0.15) is 51.9 Å². The average Bonchev–Trinajstić information content (AvgIpc) is 2.59. The van der Waals surface area contributed by atoms with Gasteiger partial charge in [-0.2, -0.15) is 0 Å². The minimum atomic E-state index is 0.0719. The van der Waals surface area contributed by atoms with Crippen molar-refractivity contribution in [2.45, 2.75) is 63.5 Å². The fourth-order valence-corrected chi connectivity index (χ4v) is 3.18. The van der Waals surface area contributed by atoms with Crippen molar-refractivity contribution in [3.63, 3.8) is 0 Å². The van der Waals surface area contributed by atoms with Crippen molar-refractivity contribution in [1.82, 2.24) is 5.32 Å². The van der Waals surface area contributed by atoms with Crippen LogP contribution in [0.3, 0.4) is 0 Å². The first-order valence-electron chi connectivity index (χ1n) is 7.32. The van der Waals surface area contributed by atoms with Gasteiger partial charge in [-0.25, -0.2) is 0 Å². The molecule has 17 heavy (non-hydrogen) atoms. The van der Waals surface area contributed by atoms with Crippen LogP contribution in [0, 0.1) is 0 Å². The van der Waals surface area contributed by atoms with Crippen LogP contribution in [-0.2, 0) is 9.47 Å². The second kappa shape index (κ2) is 6.72. The highest BCUT2D eigenvalue weighted by atomic mass is 16.5. The summed E-state index contributed by atoms with van der Waals surface area (Å²) in [6, 6.07) is 0.546. The molecule has 2 fully saturated rings. The second-order valence-electron chi connectivity index (χ2n) is 5.38. The van der Waals surface area contributed by atoms with Crippen molar-refractivity contribution < 1.29 is 9.47 Å². The third kappa shape index (κ3) is 3.43. The van der Waals surface area contributed by atoms with Gasteiger partial charge in [-0.15, -0.1) is 0 Å². The molecule has 1 N–H and O–H groups in total. The molecule has 2 unspecified atom stereocenters. The van der Waals surface area contributed by atoms with E-state index in [1.807, 2.05) is 0 Å². The van der Waals surface area contributed by atoms with Gasteiger partial charge in [0.15, 0.2) is 0 Å². The predicted octanol–water partition coefficient (Wildman–Crippen LogP) is 2.49. The molecule has 0 saturated carbocycles. The highest BCUT2D eigenvalue weighted by molar-refractivity contribution is 4.96. The van der Waals surface area contributed by atoms with Gasteiger partial charge >= 0.3 is 0 Å². The Labute approximate surface area is 105 Å². The molecule has 100 valence electrons. The van der Waals surface area contributed by atoms with Gasteiger partial charge in [0, 0.05) is 32.2 Å². The van der Waals surface area contributed by atoms with E-state index in [0.717, 1.165) is 45.6 Å². The number of morpholine rings is 1. The van der Waals surface area contributed by atoms with Gasteiger partial charge in [-0.1, -0.05) is 26.2 Å². The average molecular weight is 241 g/mol.